The van der Waals surface area contributed by atoms with E-state index in [0.717, 1.165) is 36.0 Å². The zero-order chi connectivity index (χ0) is 20.3. The van der Waals surface area contributed by atoms with Gasteiger partial charge in [-0.25, -0.2) is 18.1 Å². The quantitative estimate of drug-likeness (QED) is 0.397. The third-order valence-electron chi connectivity index (χ3n) is 4.22. The number of nitrogens with zero attached hydrogens (tertiary/aromatic N) is 1. The van der Waals surface area contributed by atoms with Gasteiger partial charge in [0.2, 0.25) is 10.0 Å². The summed E-state index contributed by atoms with van der Waals surface area (Å²) in [5, 5.41) is 6.73. The van der Waals surface area contributed by atoms with Crippen molar-refractivity contribution < 1.29 is 8.42 Å². The molecule has 0 aliphatic carbocycles. The Morgan fingerprint density at radius 2 is 1.85 bits per heavy atom. The van der Waals surface area contributed by atoms with E-state index in [4.69, 9.17) is 0 Å². The van der Waals surface area contributed by atoms with Crippen LogP contribution in [0, 0.1) is 5.92 Å². The molecule has 1 aromatic rings. The molecule has 3 N–H and O–H groups in total. The Kier molecular flexibility index (Phi) is 10.4. The maximum absolute atomic E-state index is 11.7. The number of hydrogen-bond acceptors (Lipinski definition) is 3. The Morgan fingerprint density at radius 3 is 2.48 bits per heavy atom. The lowest BCUT2D eigenvalue weighted by Gasteiger charge is -2.18. The van der Waals surface area contributed by atoms with Gasteiger partial charge in [0.05, 0.1) is 12.3 Å². The summed E-state index contributed by atoms with van der Waals surface area (Å²) in [5.41, 5.74) is 1.75. The zero-order valence-electron chi connectivity index (χ0n) is 17.4. The molecule has 0 radical (unpaired) electrons. The average molecular weight is 397 g/mol. The predicted octanol–water partition coefficient (Wildman–Crippen LogP) is 3.01. The molecule has 0 bridgehead atoms. The molecule has 0 saturated heterocycles. The van der Waals surface area contributed by atoms with Crippen molar-refractivity contribution in [2.75, 3.05) is 13.6 Å². The highest BCUT2D eigenvalue weighted by Gasteiger charge is 2.09. The topological polar surface area (TPSA) is 82.6 Å². The van der Waals surface area contributed by atoms with Crippen LogP contribution in [0.5, 0.6) is 0 Å². The molecule has 0 fully saturated rings. The zero-order valence-corrected chi connectivity index (χ0v) is 18.2. The summed E-state index contributed by atoms with van der Waals surface area (Å²) < 4.78 is 25.8. The molecule has 0 heterocycles. The summed E-state index contributed by atoms with van der Waals surface area (Å²) in [6, 6.07) is 7.92. The summed E-state index contributed by atoms with van der Waals surface area (Å²) in [7, 11) is -1.84. The molecule has 154 valence electrons. The van der Waals surface area contributed by atoms with Gasteiger partial charge in [0, 0.05) is 12.6 Å². The molecule has 1 rings (SSSR count). The van der Waals surface area contributed by atoms with E-state index in [1.807, 2.05) is 31.2 Å². The van der Waals surface area contributed by atoms with Gasteiger partial charge in [0.15, 0.2) is 5.96 Å². The first-order valence-electron chi connectivity index (χ1n) is 9.79. The summed E-state index contributed by atoms with van der Waals surface area (Å²) in [5.74, 6) is 1.51. The molecule has 7 heteroatoms. The number of guanidine groups is 1. The fraction of sp³-hybridized carbons (Fsp3) is 0.650. The maximum Gasteiger partial charge on any atom is 0.215 e. The fourth-order valence-corrected chi connectivity index (χ4v) is 3.50. The van der Waals surface area contributed by atoms with Crippen LogP contribution in [0.3, 0.4) is 0 Å². The Labute approximate surface area is 165 Å². The van der Waals surface area contributed by atoms with E-state index >= 15 is 0 Å². The van der Waals surface area contributed by atoms with E-state index < -0.39 is 10.0 Å². The van der Waals surface area contributed by atoms with Crippen LogP contribution in [-0.2, 0) is 22.3 Å². The molecule has 6 nitrogen and oxygen atoms in total. The molecule has 1 unspecified atom stereocenters. The number of hydrogen-bond donors (Lipinski definition) is 3. The lowest BCUT2D eigenvalue weighted by molar-refractivity contribution is 0.491. The van der Waals surface area contributed by atoms with Crippen LogP contribution >= 0.6 is 0 Å². The van der Waals surface area contributed by atoms with Crippen molar-refractivity contribution in [3.05, 3.63) is 35.4 Å². The third kappa shape index (κ3) is 10.3. The highest BCUT2D eigenvalue weighted by molar-refractivity contribution is 7.88. The van der Waals surface area contributed by atoms with E-state index in [1.165, 1.54) is 19.9 Å². The van der Waals surface area contributed by atoms with Crippen LogP contribution in [0.15, 0.2) is 29.3 Å². The molecule has 0 amide bonds. The standard InChI is InChI=1S/C20H36N4O2S/c1-6-22-20(24-17(4)10-7-9-16(2)3)23-14-18-11-8-12-19(13-18)15-27(25,26)21-5/h8,11-13,16-17,21H,6-7,9-10,14-15H2,1-5H3,(H2,22,23,24). The third-order valence-corrected chi connectivity index (χ3v) is 5.56. The van der Waals surface area contributed by atoms with Crippen LogP contribution in [0.1, 0.15) is 58.1 Å². The second-order valence-electron chi connectivity index (χ2n) is 7.35. The van der Waals surface area contributed by atoms with Gasteiger partial charge in [-0.3, -0.25) is 0 Å². The van der Waals surface area contributed by atoms with Crippen molar-refractivity contribution in [1.82, 2.24) is 15.4 Å². The number of sulfonamides is 1. The van der Waals surface area contributed by atoms with Crippen LogP contribution < -0.4 is 15.4 Å². The van der Waals surface area contributed by atoms with E-state index in [1.54, 1.807) is 0 Å². The van der Waals surface area contributed by atoms with Gasteiger partial charge in [-0.05, 0) is 44.4 Å². The number of rotatable bonds is 11. The van der Waals surface area contributed by atoms with Crippen molar-refractivity contribution in [2.24, 2.45) is 10.9 Å². The first kappa shape index (κ1) is 23.4. The van der Waals surface area contributed by atoms with Gasteiger partial charge < -0.3 is 10.6 Å². The van der Waals surface area contributed by atoms with Crippen molar-refractivity contribution in [3.8, 4) is 0 Å². The van der Waals surface area contributed by atoms with Gasteiger partial charge in [-0.1, -0.05) is 51.0 Å². The first-order chi connectivity index (χ1) is 12.8. The van der Waals surface area contributed by atoms with E-state index in [9.17, 15) is 8.42 Å². The molecule has 1 atom stereocenters. The Balaban J connectivity index is 2.69. The summed E-state index contributed by atoms with van der Waals surface area (Å²) in [6.45, 7) is 10.0. The maximum atomic E-state index is 11.7. The van der Waals surface area contributed by atoms with Crippen molar-refractivity contribution >= 4 is 16.0 Å². The SMILES string of the molecule is CCNC(=NCc1cccc(CS(=O)(=O)NC)c1)NC(C)CCCC(C)C. The molecular weight excluding hydrogens is 360 g/mol. The molecule has 0 aliphatic heterocycles. The summed E-state index contributed by atoms with van der Waals surface area (Å²) >= 11 is 0. The minimum atomic E-state index is -3.27. The minimum absolute atomic E-state index is 0.0216. The fourth-order valence-electron chi connectivity index (χ4n) is 2.74. The van der Waals surface area contributed by atoms with Crippen LogP contribution in [0.25, 0.3) is 0 Å². The molecule has 27 heavy (non-hydrogen) atoms. The van der Waals surface area contributed by atoms with E-state index in [-0.39, 0.29) is 5.75 Å². The molecule has 0 aromatic heterocycles. The molecule has 1 aromatic carbocycles. The largest absolute Gasteiger partial charge is 0.357 e. The monoisotopic (exact) mass is 396 g/mol. The van der Waals surface area contributed by atoms with Crippen molar-refractivity contribution in [2.45, 2.75) is 65.3 Å². The second-order valence-corrected chi connectivity index (χ2v) is 9.27. The second kappa shape index (κ2) is 12.0. The summed E-state index contributed by atoms with van der Waals surface area (Å²) in [4.78, 5) is 4.65. The van der Waals surface area contributed by atoms with Crippen molar-refractivity contribution in [1.29, 1.82) is 0 Å². The van der Waals surface area contributed by atoms with Gasteiger partial charge in [-0.2, -0.15) is 0 Å². The Morgan fingerprint density at radius 1 is 1.15 bits per heavy atom. The van der Waals surface area contributed by atoms with Crippen LogP contribution in [0.4, 0.5) is 0 Å². The lowest BCUT2D eigenvalue weighted by Crippen LogP contribution is -2.42. The highest BCUT2D eigenvalue weighted by Crippen LogP contribution is 2.10. The van der Waals surface area contributed by atoms with Gasteiger partial charge in [0.1, 0.15) is 0 Å². The number of nitrogens with one attached hydrogen (secondary N) is 3. The van der Waals surface area contributed by atoms with Crippen LogP contribution in [0.2, 0.25) is 0 Å². The van der Waals surface area contributed by atoms with E-state index in [0.29, 0.717) is 12.6 Å². The molecule has 0 saturated carbocycles. The Bertz CT molecular complexity index is 687. The summed E-state index contributed by atoms with van der Waals surface area (Å²) in [6.07, 6.45) is 3.55. The average Bonchev–Trinajstić information content (AvgIpc) is 2.59. The van der Waals surface area contributed by atoms with Crippen molar-refractivity contribution in [3.63, 3.8) is 0 Å². The number of benzene rings is 1. The van der Waals surface area contributed by atoms with Gasteiger partial charge in [-0.15, -0.1) is 0 Å². The Hall–Kier alpha value is -1.60. The highest BCUT2D eigenvalue weighted by atomic mass is 32.2. The van der Waals surface area contributed by atoms with E-state index in [2.05, 4.69) is 41.1 Å². The van der Waals surface area contributed by atoms with Crippen LogP contribution in [-0.4, -0.2) is 34.0 Å². The van der Waals surface area contributed by atoms with Gasteiger partial charge >= 0.3 is 0 Å². The minimum Gasteiger partial charge on any atom is -0.357 e. The first-order valence-corrected chi connectivity index (χ1v) is 11.4. The van der Waals surface area contributed by atoms with Gasteiger partial charge in [0.25, 0.3) is 0 Å². The smallest absolute Gasteiger partial charge is 0.215 e. The predicted molar refractivity (Wildman–Crippen MR) is 114 cm³/mol. The molecular formula is C20H36N4O2S. The lowest BCUT2D eigenvalue weighted by atomic mass is 10.0. The molecule has 0 spiro atoms. The number of aliphatic imine (C=N–C) groups is 1. The molecule has 0 aliphatic rings. The normalized spacial score (nSPS) is 13.6.